The number of amides is 2. The number of urea groups is 1. The minimum Gasteiger partial charge on any atom is -0.480 e. The molecule has 1 aromatic rings. The highest BCUT2D eigenvalue weighted by molar-refractivity contribution is 5.92. The molecule has 0 heterocycles. The summed E-state index contributed by atoms with van der Waals surface area (Å²) in [7, 11) is 0. The van der Waals surface area contributed by atoms with E-state index in [-0.39, 0.29) is 0 Å². The molecule has 0 aliphatic rings. The zero-order valence-corrected chi connectivity index (χ0v) is 11.3. The number of aliphatic carboxylic acids is 1. The number of carbonyl (C=O) groups excluding carboxylic acids is 1. The molecule has 0 aliphatic carbocycles. The molecule has 0 radical (unpaired) electrons. The van der Waals surface area contributed by atoms with Crippen LogP contribution in [0.5, 0.6) is 0 Å². The minimum absolute atomic E-state index is 0.517. The standard InChI is InChI=1S/C14H20N2O3/c1-3-4-5-11-6-8-12(9-7-11)16-14(19)15-10(2)13(17)18/h6-10H,3-5H2,1-2H3,(H,17,18)(H2,15,16,19)/t10-/m1/s1. The second-order valence-corrected chi connectivity index (χ2v) is 4.46. The summed E-state index contributed by atoms with van der Waals surface area (Å²) in [6, 6.07) is 6.13. The highest BCUT2D eigenvalue weighted by Gasteiger charge is 2.13. The van der Waals surface area contributed by atoms with E-state index in [0.29, 0.717) is 5.69 Å². The van der Waals surface area contributed by atoms with Crippen molar-refractivity contribution in [3.8, 4) is 0 Å². The van der Waals surface area contributed by atoms with Gasteiger partial charge in [0, 0.05) is 5.69 Å². The zero-order valence-electron chi connectivity index (χ0n) is 11.3. The van der Waals surface area contributed by atoms with Gasteiger partial charge in [0.15, 0.2) is 0 Å². The molecule has 5 heteroatoms. The minimum atomic E-state index is -1.06. The Morgan fingerprint density at radius 3 is 2.42 bits per heavy atom. The molecule has 1 rings (SSSR count). The average molecular weight is 264 g/mol. The molecule has 1 atom stereocenters. The first-order chi connectivity index (χ1) is 9.02. The fraction of sp³-hybridized carbons (Fsp3) is 0.429. The van der Waals surface area contributed by atoms with E-state index < -0.39 is 18.0 Å². The van der Waals surface area contributed by atoms with Crippen LogP contribution in [0.15, 0.2) is 24.3 Å². The molecule has 0 unspecified atom stereocenters. The van der Waals surface area contributed by atoms with Crippen molar-refractivity contribution >= 4 is 17.7 Å². The SMILES string of the molecule is CCCCc1ccc(NC(=O)N[C@H](C)C(=O)O)cc1. The van der Waals surface area contributed by atoms with E-state index in [4.69, 9.17) is 5.11 Å². The number of benzene rings is 1. The van der Waals surface area contributed by atoms with E-state index >= 15 is 0 Å². The average Bonchev–Trinajstić information content (AvgIpc) is 2.37. The van der Waals surface area contributed by atoms with E-state index in [1.807, 2.05) is 24.3 Å². The largest absolute Gasteiger partial charge is 0.480 e. The lowest BCUT2D eigenvalue weighted by atomic mass is 10.1. The summed E-state index contributed by atoms with van der Waals surface area (Å²) in [6.45, 7) is 3.56. The van der Waals surface area contributed by atoms with Gasteiger partial charge in [-0.25, -0.2) is 4.79 Å². The predicted molar refractivity (Wildman–Crippen MR) is 74.3 cm³/mol. The number of rotatable bonds is 6. The van der Waals surface area contributed by atoms with Gasteiger partial charge in [0.25, 0.3) is 0 Å². The second kappa shape index (κ2) is 7.41. The Balaban J connectivity index is 2.48. The Kier molecular flexibility index (Phi) is 5.85. The van der Waals surface area contributed by atoms with Crippen LogP contribution >= 0.6 is 0 Å². The Labute approximate surface area is 113 Å². The Morgan fingerprint density at radius 2 is 1.89 bits per heavy atom. The summed E-state index contributed by atoms with van der Waals surface area (Å²) < 4.78 is 0. The maximum atomic E-state index is 11.5. The van der Waals surface area contributed by atoms with Crippen molar-refractivity contribution in [2.75, 3.05) is 5.32 Å². The molecule has 2 amide bonds. The van der Waals surface area contributed by atoms with Crippen molar-refractivity contribution in [3.05, 3.63) is 29.8 Å². The van der Waals surface area contributed by atoms with E-state index in [2.05, 4.69) is 17.6 Å². The summed E-state index contributed by atoms with van der Waals surface area (Å²) in [4.78, 5) is 22.1. The first kappa shape index (κ1) is 15.0. The third-order valence-electron chi connectivity index (χ3n) is 2.75. The molecular weight excluding hydrogens is 244 g/mol. The van der Waals surface area contributed by atoms with Gasteiger partial charge in [0.1, 0.15) is 6.04 Å². The van der Waals surface area contributed by atoms with Gasteiger partial charge in [0.05, 0.1) is 0 Å². The summed E-state index contributed by atoms with van der Waals surface area (Å²) in [6.07, 6.45) is 3.32. The lowest BCUT2D eigenvalue weighted by Gasteiger charge is -2.11. The van der Waals surface area contributed by atoms with Crippen LogP contribution in [0.2, 0.25) is 0 Å². The first-order valence-corrected chi connectivity index (χ1v) is 6.42. The molecule has 3 N–H and O–H groups in total. The molecule has 0 aromatic heterocycles. The lowest BCUT2D eigenvalue weighted by molar-refractivity contribution is -0.138. The summed E-state index contributed by atoms with van der Waals surface area (Å²) in [5, 5.41) is 13.6. The molecule has 104 valence electrons. The van der Waals surface area contributed by atoms with E-state index in [0.717, 1.165) is 19.3 Å². The number of nitrogens with one attached hydrogen (secondary N) is 2. The van der Waals surface area contributed by atoms with Gasteiger partial charge in [-0.3, -0.25) is 4.79 Å². The maximum Gasteiger partial charge on any atom is 0.325 e. The third kappa shape index (κ3) is 5.42. The smallest absolute Gasteiger partial charge is 0.325 e. The molecule has 0 aliphatic heterocycles. The van der Waals surface area contributed by atoms with Crippen LogP contribution in [0, 0.1) is 0 Å². The van der Waals surface area contributed by atoms with Crippen molar-refractivity contribution in [1.82, 2.24) is 5.32 Å². The summed E-state index contributed by atoms with van der Waals surface area (Å²) in [5.41, 5.74) is 1.88. The fourth-order valence-electron chi connectivity index (χ4n) is 1.56. The van der Waals surface area contributed by atoms with Gasteiger partial charge in [-0.1, -0.05) is 25.5 Å². The third-order valence-corrected chi connectivity index (χ3v) is 2.75. The van der Waals surface area contributed by atoms with Gasteiger partial charge in [-0.15, -0.1) is 0 Å². The van der Waals surface area contributed by atoms with Crippen LogP contribution in [-0.2, 0) is 11.2 Å². The van der Waals surface area contributed by atoms with Crippen LogP contribution in [0.4, 0.5) is 10.5 Å². The normalized spacial score (nSPS) is 11.7. The van der Waals surface area contributed by atoms with E-state index in [1.54, 1.807) is 0 Å². The Morgan fingerprint density at radius 1 is 1.26 bits per heavy atom. The maximum absolute atomic E-state index is 11.5. The van der Waals surface area contributed by atoms with Crippen LogP contribution in [0.1, 0.15) is 32.3 Å². The second-order valence-electron chi connectivity index (χ2n) is 4.46. The summed E-state index contributed by atoms with van der Waals surface area (Å²) in [5.74, 6) is -1.06. The summed E-state index contributed by atoms with van der Waals surface area (Å²) >= 11 is 0. The number of aryl methyl sites for hydroxylation is 1. The van der Waals surface area contributed by atoms with Crippen molar-refractivity contribution < 1.29 is 14.7 Å². The van der Waals surface area contributed by atoms with Crippen molar-refractivity contribution in [2.45, 2.75) is 39.2 Å². The highest BCUT2D eigenvalue weighted by Crippen LogP contribution is 2.11. The van der Waals surface area contributed by atoms with Crippen LogP contribution in [0.3, 0.4) is 0 Å². The first-order valence-electron chi connectivity index (χ1n) is 6.42. The number of carbonyl (C=O) groups is 2. The van der Waals surface area contributed by atoms with Gasteiger partial charge in [-0.2, -0.15) is 0 Å². The molecule has 0 saturated carbocycles. The van der Waals surface area contributed by atoms with E-state index in [1.165, 1.54) is 12.5 Å². The van der Waals surface area contributed by atoms with Crippen molar-refractivity contribution in [3.63, 3.8) is 0 Å². The van der Waals surface area contributed by atoms with Gasteiger partial charge in [-0.05, 0) is 37.5 Å². The highest BCUT2D eigenvalue weighted by atomic mass is 16.4. The molecular formula is C14H20N2O3. The zero-order chi connectivity index (χ0) is 14.3. The molecule has 1 aromatic carbocycles. The Bertz CT molecular complexity index is 429. The number of carboxylic acids is 1. The Hall–Kier alpha value is -2.04. The quantitative estimate of drug-likeness (QED) is 0.739. The van der Waals surface area contributed by atoms with Gasteiger partial charge >= 0.3 is 12.0 Å². The topological polar surface area (TPSA) is 78.4 Å². The van der Waals surface area contributed by atoms with Crippen LogP contribution in [0.25, 0.3) is 0 Å². The number of hydrogen-bond donors (Lipinski definition) is 3. The lowest BCUT2D eigenvalue weighted by Crippen LogP contribution is -2.40. The number of unbranched alkanes of at least 4 members (excludes halogenated alkanes) is 1. The number of anilines is 1. The van der Waals surface area contributed by atoms with Gasteiger partial charge in [0.2, 0.25) is 0 Å². The molecule has 19 heavy (non-hydrogen) atoms. The van der Waals surface area contributed by atoms with E-state index in [9.17, 15) is 9.59 Å². The monoisotopic (exact) mass is 264 g/mol. The molecule has 0 spiro atoms. The molecule has 0 fully saturated rings. The molecule has 0 bridgehead atoms. The van der Waals surface area contributed by atoms with Crippen molar-refractivity contribution in [2.24, 2.45) is 0 Å². The fourth-order valence-corrected chi connectivity index (χ4v) is 1.56. The molecule has 0 saturated heterocycles. The number of carboxylic acid groups (broad SMARTS) is 1. The van der Waals surface area contributed by atoms with Gasteiger partial charge < -0.3 is 15.7 Å². The predicted octanol–water partition coefficient (Wildman–Crippen LogP) is 2.62. The van der Waals surface area contributed by atoms with Crippen LogP contribution in [-0.4, -0.2) is 23.1 Å². The van der Waals surface area contributed by atoms with Crippen LogP contribution < -0.4 is 10.6 Å². The molecule has 5 nitrogen and oxygen atoms in total. The van der Waals surface area contributed by atoms with Crippen molar-refractivity contribution in [1.29, 1.82) is 0 Å². The number of hydrogen-bond acceptors (Lipinski definition) is 2.